The zero-order valence-electron chi connectivity index (χ0n) is 25.3. The molecule has 3 N–H and O–H groups in total. The van der Waals surface area contributed by atoms with Gasteiger partial charge in [0.05, 0.1) is 22.7 Å². The smallest absolute Gasteiger partial charge is 0.418 e. The molecule has 0 aliphatic carbocycles. The highest BCUT2D eigenvalue weighted by Gasteiger charge is 2.49. The summed E-state index contributed by atoms with van der Waals surface area (Å²) in [5.74, 6) is -0.917. The molecule has 0 saturated carbocycles. The molecule has 3 fully saturated rings. The summed E-state index contributed by atoms with van der Waals surface area (Å²) in [6.07, 6.45) is -1.49. The molecule has 6 heterocycles. The minimum absolute atomic E-state index is 0.0874. The van der Waals surface area contributed by atoms with Crippen LogP contribution in [-0.2, 0) is 6.18 Å². The Bertz CT molecular complexity index is 1660. The topological polar surface area (TPSA) is 102 Å². The van der Waals surface area contributed by atoms with E-state index in [1.165, 1.54) is 0 Å². The molecular formula is C31H35ClF5N7O2. The Labute approximate surface area is 267 Å². The van der Waals surface area contributed by atoms with Crippen LogP contribution in [0.4, 0.5) is 33.5 Å². The van der Waals surface area contributed by atoms with E-state index in [2.05, 4.69) is 20.2 Å². The molecular weight excluding hydrogens is 633 g/mol. The van der Waals surface area contributed by atoms with Gasteiger partial charge in [-0.25, -0.2) is 13.8 Å². The van der Waals surface area contributed by atoms with Gasteiger partial charge in [-0.3, -0.25) is 4.90 Å². The Morgan fingerprint density at radius 1 is 1.20 bits per heavy atom. The predicted octanol–water partition coefficient (Wildman–Crippen LogP) is 5.77. The maximum Gasteiger partial charge on any atom is 0.418 e. The summed E-state index contributed by atoms with van der Waals surface area (Å²) < 4.78 is 86.3. The van der Waals surface area contributed by atoms with E-state index < -0.39 is 45.5 Å². The van der Waals surface area contributed by atoms with Crippen LogP contribution in [0.5, 0.6) is 11.9 Å². The number of fused-ring (bicyclic) bond motifs is 1. The van der Waals surface area contributed by atoms with Gasteiger partial charge in [-0.2, -0.15) is 23.1 Å². The number of pyridine rings is 1. The van der Waals surface area contributed by atoms with Gasteiger partial charge in [0.2, 0.25) is 5.88 Å². The van der Waals surface area contributed by atoms with Gasteiger partial charge in [0, 0.05) is 49.3 Å². The number of aromatic nitrogens is 3. The maximum atomic E-state index is 16.8. The molecule has 7 rings (SSSR count). The van der Waals surface area contributed by atoms with Gasteiger partial charge in [-0.15, -0.1) is 0 Å². The zero-order chi connectivity index (χ0) is 32.4. The Hall–Kier alpha value is -3.23. The van der Waals surface area contributed by atoms with Crippen LogP contribution in [0.15, 0.2) is 12.1 Å². The average Bonchev–Trinajstić information content (AvgIpc) is 3.70. The van der Waals surface area contributed by atoms with Gasteiger partial charge in [0.25, 0.3) is 0 Å². The van der Waals surface area contributed by atoms with Gasteiger partial charge in [-0.05, 0) is 57.8 Å². The molecule has 46 heavy (non-hydrogen) atoms. The van der Waals surface area contributed by atoms with Crippen molar-refractivity contribution in [3.8, 4) is 23.1 Å². The van der Waals surface area contributed by atoms with E-state index >= 15 is 4.39 Å². The molecule has 4 aliphatic rings. The monoisotopic (exact) mass is 667 g/mol. The van der Waals surface area contributed by atoms with Gasteiger partial charge >= 0.3 is 12.2 Å². The number of nitrogen functional groups attached to an aromatic ring is 1. The molecule has 9 nitrogen and oxygen atoms in total. The molecule has 3 saturated heterocycles. The summed E-state index contributed by atoms with van der Waals surface area (Å²) in [5.41, 5.74) is 2.38. The first kappa shape index (κ1) is 31.4. The van der Waals surface area contributed by atoms with Gasteiger partial charge in [-0.1, -0.05) is 11.6 Å². The first-order chi connectivity index (χ1) is 21.9. The van der Waals surface area contributed by atoms with Crippen LogP contribution in [-0.4, -0.2) is 83.0 Å². The Morgan fingerprint density at radius 3 is 2.78 bits per heavy atom. The molecule has 15 heteroatoms. The number of anilines is 2. The third-order valence-electron chi connectivity index (χ3n) is 9.75. The molecule has 3 aromatic rings. The number of nitrogens with two attached hydrogens (primary N) is 1. The van der Waals surface area contributed by atoms with E-state index in [-0.39, 0.29) is 53.8 Å². The fourth-order valence-corrected chi connectivity index (χ4v) is 7.85. The first-order valence-electron chi connectivity index (χ1n) is 15.7. The largest absolute Gasteiger partial charge is 0.477 e. The number of hydrogen-bond donors (Lipinski definition) is 2. The third-order valence-corrected chi connectivity index (χ3v) is 10.1. The summed E-state index contributed by atoms with van der Waals surface area (Å²) >= 11 is 6.03. The first-order valence-corrected chi connectivity index (χ1v) is 16.0. The van der Waals surface area contributed by atoms with Crippen molar-refractivity contribution in [3.05, 3.63) is 28.5 Å². The van der Waals surface area contributed by atoms with E-state index in [9.17, 15) is 17.6 Å². The summed E-state index contributed by atoms with van der Waals surface area (Å²) in [5, 5.41) is 2.93. The normalized spacial score (nSPS) is 26.7. The van der Waals surface area contributed by atoms with E-state index in [0.29, 0.717) is 31.7 Å². The number of alkyl halides is 4. The van der Waals surface area contributed by atoms with Crippen LogP contribution in [0.1, 0.15) is 51.0 Å². The number of rotatable bonds is 6. The van der Waals surface area contributed by atoms with Gasteiger partial charge < -0.3 is 25.4 Å². The van der Waals surface area contributed by atoms with Crippen molar-refractivity contribution in [1.29, 1.82) is 0 Å². The van der Waals surface area contributed by atoms with Crippen LogP contribution in [0.2, 0.25) is 5.02 Å². The second-order valence-corrected chi connectivity index (χ2v) is 13.3. The number of nitrogens with zero attached hydrogens (tertiary/aromatic N) is 5. The lowest BCUT2D eigenvalue weighted by atomic mass is 9.95. The summed E-state index contributed by atoms with van der Waals surface area (Å²) in [6, 6.07) is 1.84. The number of ether oxygens (including phenoxy) is 2. The van der Waals surface area contributed by atoms with Gasteiger partial charge in [0.15, 0.2) is 5.82 Å². The van der Waals surface area contributed by atoms with E-state index in [1.807, 2.05) is 11.8 Å². The van der Waals surface area contributed by atoms with E-state index in [1.54, 1.807) is 0 Å². The summed E-state index contributed by atoms with van der Waals surface area (Å²) in [4.78, 5) is 17.6. The van der Waals surface area contributed by atoms with Crippen LogP contribution in [0.3, 0.4) is 0 Å². The van der Waals surface area contributed by atoms with Crippen molar-refractivity contribution < 1.29 is 31.4 Å². The SMILES string of the molecule is C[C@@H]1CCOc2nc(-c3cc(N)cc(Cl)c3C(F)(F)F)c(F)c3nc(OC[C@@]45CCCN4C[C@H](F)C5)nc(c23)N1CC1CCCN1. The minimum atomic E-state index is -4.94. The van der Waals surface area contributed by atoms with Gasteiger partial charge in [0.1, 0.15) is 35.2 Å². The van der Waals surface area contributed by atoms with Crippen LogP contribution in [0.25, 0.3) is 22.2 Å². The Kier molecular flexibility index (Phi) is 8.03. The molecule has 0 spiro atoms. The minimum Gasteiger partial charge on any atom is -0.477 e. The summed E-state index contributed by atoms with van der Waals surface area (Å²) in [7, 11) is 0. The number of benzene rings is 1. The molecule has 0 amide bonds. The second-order valence-electron chi connectivity index (χ2n) is 12.9. The highest BCUT2D eigenvalue weighted by atomic mass is 35.5. The van der Waals surface area contributed by atoms with Crippen molar-refractivity contribution in [2.45, 2.75) is 75.4 Å². The number of halogens is 6. The fraction of sp³-hybridized carbons (Fsp3) is 0.581. The quantitative estimate of drug-likeness (QED) is 0.251. The highest BCUT2D eigenvalue weighted by Crippen LogP contribution is 2.46. The Morgan fingerprint density at radius 2 is 2.02 bits per heavy atom. The molecule has 2 aromatic heterocycles. The van der Waals surface area contributed by atoms with Crippen LogP contribution < -0.4 is 25.4 Å². The lowest BCUT2D eigenvalue weighted by molar-refractivity contribution is -0.137. The van der Waals surface area contributed by atoms with Crippen molar-refractivity contribution >= 4 is 34.0 Å². The maximum absolute atomic E-state index is 16.8. The van der Waals surface area contributed by atoms with E-state index in [4.69, 9.17) is 31.8 Å². The second kappa shape index (κ2) is 11.8. The standard InChI is InChI=1S/C31H35ClF5N7O2/c1-16-5-9-45-28-22-26(24(34)25(40-28)20-10-18(38)11-21(32)23(20)31(35,36)37)41-29(42-27(22)44(16)14-19-4-2-7-39-19)46-15-30-6-3-8-43(30)13-17(33)12-30/h10-11,16-17,19,39H,2-9,12-15,38H2,1H3/t16-,17-,19?,30+/m1/s1. The molecule has 0 bridgehead atoms. The number of nitrogens with one attached hydrogen (secondary N) is 1. The van der Waals surface area contributed by atoms with Crippen LogP contribution in [0, 0.1) is 5.82 Å². The molecule has 0 radical (unpaired) electrons. The van der Waals surface area contributed by atoms with Crippen molar-refractivity contribution in [2.24, 2.45) is 0 Å². The molecule has 4 atom stereocenters. The van der Waals surface area contributed by atoms with Crippen LogP contribution >= 0.6 is 11.6 Å². The average molecular weight is 668 g/mol. The Balaban J connectivity index is 1.42. The molecule has 248 valence electrons. The van der Waals surface area contributed by atoms with E-state index in [0.717, 1.165) is 50.9 Å². The number of hydrogen-bond acceptors (Lipinski definition) is 9. The third kappa shape index (κ3) is 5.55. The lowest BCUT2D eigenvalue weighted by Crippen LogP contribution is -2.44. The van der Waals surface area contributed by atoms with Crippen molar-refractivity contribution in [2.75, 3.05) is 50.0 Å². The summed E-state index contributed by atoms with van der Waals surface area (Å²) in [6.45, 7) is 4.76. The highest BCUT2D eigenvalue weighted by molar-refractivity contribution is 6.32. The van der Waals surface area contributed by atoms with Crippen molar-refractivity contribution in [3.63, 3.8) is 0 Å². The molecule has 4 aliphatic heterocycles. The lowest BCUT2D eigenvalue weighted by Gasteiger charge is -2.35. The fourth-order valence-electron chi connectivity index (χ4n) is 7.52. The predicted molar refractivity (Wildman–Crippen MR) is 164 cm³/mol. The molecule has 1 unspecified atom stereocenters. The zero-order valence-corrected chi connectivity index (χ0v) is 26.0. The molecule has 1 aromatic carbocycles. The van der Waals surface area contributed by atoms with Crippen molar-refractivity contribution in [1.82, 2.24) is 25.2 Å².